The molecular weight excluding hydrogens is 336 g/mol. The highest BCUT2D eigenvalue weighted by molar-refractivity contribution is 5.79. The van der Waals surface area contributed by atoms with Gasteiger partial charge in [-0.15, -0.1) is 0 Å². The normalized spacial score (nSPS) is 11.3. The van der Waals surface area contributed by atoms with Crippen LogP contribution in [0.5, 0.6) is 11.5 Å². The third-order valence-corrected chi connectivity index (χ3v) is 3.52. The third kappa shape index (κ3) is 4.88. The molecule has 0 saturated heterocycles. The van der Waals surface area contributed by atoms with E-state index in [0.29, 0.717) is 34.9 Å². The van der Waals surface area contributed by atoms with Gasteiger partial charge in [0.2, 0.25) is 0 Å². The van der Waals surface area contributed by atoms with Crippen molar-refractivity contribution in [2.24, 2.45) is 0 Å². The smallest absolute Gasteiger partial charge is 0.330 e. The highest BCUT2D eigenvalue weighted by Crippen LogP contribution is 2.32. The Morgan fingerprint density at radius 3 is 2.50 bits per heavy atom. The summed E-state index contributed by atoms with van der Waals surface area (Å²) in [5, 5.41) is 30.3. The summed E-state index contributed by atoms with van der Waals surface area (Å²) in [7, 11) is 0. The number of rotatable bonds is 9. The van der Waals surface area contributed by atoms with E-state index in [9.17, 15) is 9.90 Å². The Morgan fingerprint density at radius 2 is 1.92 bits per heavy atom. The van der Waals surface area contributed by atoms with E-state index in [1.54, 1.807) is 42.5 Å². The van der Waals surface area contributed by atoms with Gasteiger partial charge in [0.15, 0.2) is 17.5 Å². The number of hydrogen-bond donors (Lipinski definition) is 3. The van der Waals surface area contributed by atoms with E-state index in [-0.39, 0.29) is 13.2 Å². The fourth-order valence-electron chi connectivity index (χ4n) is 2.34. The molecule has 0 saturated carbocycles. The summed E-state index contributed by atoms with van der Waals surface area (Å²) >= 11 is 0. The molecule has 2 aromatic rings. The first-order valence-electron chi connectivity index (χ1n) is 8.09. The molecular formula is C19H20N2O5. The van der Waals surface area contributed by atoms with Gasteiger partial charge in [-0.2, -0.15) is 5.26 Å². The molecule has 26 heavy (non-hydrogen) atoms. The average Bonchev–Trinajstić information content (AvgIpc) is 2.65. The number of nitrogens with zero attached hydrogens (tertiary/aromatic N) is 1. The van der Waals surface area contributed by atoms with Crippen LogP contribution in [0.4, 0.5) is 5.69 Å². The summed E-state index contributed by atoms with van der Waals surface area (Å²) in [6.45, 7) is 2.18. The molecule has 136 valence electrons. The Kier molecular flexibility index (Phi) is 6.83. The van der Waals surface area contributed by atoms with Gasteiger partial charge in [0.05, 0.1) is 24.8 Å². The number of aliphatic hydroxyl groups is 1. The number of nitriles is 1. The lowest BCUT2D eigenvalue weighted by Crippen LogP contribution is -2.20. The summed E-state index contributed by atoms with van der Waals surface area (Å²) in [5.74, 6) is -0.209. The number of ether oxygens (including phenoxy) is 2. The van der Waals surface area contributed by atoms with E-state index in [1.807, 2.05) is 13.0 Å². The Bertz CT molecular complexity index is 784. The minimum absolute atomic E-state index is 0.116. The molecule has 2 rings (SSSR count). The third-order valence-electron chi connectivity index (χ3n) is 3.52. The molecule has 0 aliphatic carbocycles. The van der Waals surface area contributed by atoms with Gasteiger partial charge in [-0.3, -0.25) is 0 Å². The summed E-state index contributed by atoms with van der Waals surface area (Å²) < 4.78 is 10.9. The molecule has 1 atom stereocenters. The zero-order chi connectivity index (χ0) is 18.9. The van der Waals surface area contributed by atoms with Gasteiger partial charge < -0.3 is 25.0 Å². The van der Waals surface area contributed by atoms with Crippen molar-refractivity contribution < 1.29 is 24.5 Å². The predicted molar refractivity (Wildman–Crippen MR) is 95.3 cm³/mol. The van der Waals surface area contributed by atoms with Gasteiger partial charge in [0.1, 0.15) is 6.61 Å². The number of aliphatic carboxylic acids is 1. The van der Waals surface area contributed by atoms with E-state index in [2.05, 4.69) is 5.32 Å². The molecule has 0 radical (unpaired) electrons. The first kappa shape index (κ1) is 19.1. The Balaban J connectivity index is 2.29. The number of carboxylic acid groups (broad SMARTS) is 1. The summed E-state index contributed by atoms with van der Waals surface area (Å²) in [4.78, 5) is 11.7. The average molecular weight is 356 g/mol. The predicted octanol–water partition coefficient (Wildman–Crippen LogP) is 2.57. The lowest BCUT2D eigenvalue weighted by atomic mass is 10.1. The Labute approximate surface area is 151 Å². The maximum Gasteiger partial charge on any atom is 0.330 e. The van der Waals surface area contributed by atoms with Gasteiger partial charge in [-0.05, 0) is 48.9 Å². The zero-order valence-electron chi connectivity index (χ0n) is 14.3. The zero-order valence-corrected chi connectivity index (χ0v) is 14.3. The Hall–Kier alpha value is -3.24. The summed E-state index contributed by atoms with van der Waals surface area (Å²) in [6, 6.07) is 12.4. The van der Waals surface area contributed by atoms with Crippen molar-refractivity contribution in [3.8, 4) is 17.6 Å². The molecule has 0 aromatic heterocycles. The number of aliphatic hydroxyl groups excluding tert-OH is 1. The molecule has 7 heteroatoms. The quantitative estimate of drug-likeness (QED) is 0.633. The van der Waals surface area contributed by atoms with Crippen LogP contribution in [-0.2, 0) is 4.79 Å². The molecule has 0 fully saturated rings. The highest BCUT2D eigenvalue weighted by Gasteiger charge is 2.21. The van der Waals surface area contributed by atoms with Crippen molar-refractivity contribution in [3.05, 3.63) is 53.6 Å². The number of benzene rings is 2. The van der Waals surface area contributed by atoms with E-state index in [1.165, 1.54) is 0 Å². The number of anilines is 1. The highest BCUT2D eigenvalue weighted by atomic mass is 16.5. The topological polar surface area (TPSA) is 112 Å². The Morgan fingerprint density at radius 1 is 1.19 bits per heavy atom. The SMILES string of the molecule is CCOc1cc(C(Nc2ccc(C#N)cc2)C(=O)O)ccc1OCCO. The van der Waals surface area contributed by atoms with Crippen molar-refractivity contribution in [1.29, 1.82) is 5.26 Å². The van der Waals surface area contributed by atoms with Gasteiger partial charge >= 0.3 is 5.97 Å². The van der Waals surface area contributed by atoms with Crippen LogP contribution in [0.1, 0.15) is 24.1 Å². The van der Waals surface area contributed by atoms with Crippen molar-refractivity contribution in [3.63, 3.8) is 0 Å². The van der Waals surface area contributed by atoms with Crippen molar-refractivity contribution in [1.82, 2.24) is 0 Å². The van der Waals surface area contributed by atoms with Gasteiger partial charge in [-0.25, -0.2) is 4.79 Å². The molecule has 0 heterocycles. The van der Waals surface area contributed by atoms with Crippen LogP contribution in [0, 0.1) is 11.3 Å². The molecule has 2 aromatic carbocycles. The molecule has 0 amide bonds. The van der Waals surface area contributed by atoms with E-state index in [4.69, 9.17) is 19.8 Å². The first-order valence-corrected chi connectivity index (χ1v) is 8.09. The van der Waals surface area contributed by atoms with Crippen LogP contribution < -0.4 is 14.8 Å². The second kappa shape index (κ2) is 9.30. The van der Waals surface area contributed by atoms with Crippen LogP contribution in [0.3, 0.4) is 0 Å². The lowest BCUT2D eigenvalue weighted by molar-refractivity contribution is -0.138. The van der Waals surface area contributed by atoms with Crippen LogP contribution in [0.2, 0.25) is 0 Å². The van der Waals surface area contributed by atoms with Crippen LogP contribution in [0.15, 0.2) is 42.5 Å². The van der Waals surface area contributed by atoms with Crippen LogP contribution in [-0.4, -0.2) is 36.0 Å². The van der Waals surface area contributed by atoms with Gasteiger partial charge in [0.25, 0.3) is 0 Å². The van der Waals surface area contributed by atoms with Crippen molar-refractivity contribution in [2.75, 3.05) is 25.1 Å². The van der Waals surface area contributed by atoms with Crippen LogP contribution >= 0.6 is 0 Å². The van der Waals surface area contributed by atoms with Gasteiger partial charge in [0, 0.05) is 5.69 Å². The number of hydrogen-bond acceptors (Lipinski definition) is 6. The van der Waals surface area contributed by atoms with Gasteiger partial charge in [-0.1, -0.05) is 6.07 Å². The molecule has 0 bridgehead atoms. The fourth-order valence-corrected chi connectivity index (χ4v) is 2.34. The van der Waals surface area contributed by atoms with Crippen molar-refractivity contribution >= 4 is 11.7 Å². The largest absolute Gasteiger partial charge is 0.490 e. The number of nitrogens with one attached hydrogen (secondary N) is 1. The molecule has 7 nitrogen and oxygen atoms in total. The number of carbonyl (C=O) groups is 1. The molecule has 0 aliphatic heterocycles. The summed E-state index contributed by atoms with van der Waals surface area (Å²) in [5.41, 5.74) is 1.56. The molecule has 3 N–H and O–H groups in total. The minimum Gasteiger partial charge on any atom is -0.490 e. The molecule has 1 unspecified atom stereocenters. The first-order chi connectivity index (χ1) is 12.6. The molecule has 0 spiro atoms. The standard InChI is InChI=1S/C19H20N2O5/c1-2-25-17-11-14(5-8-16(17)26-10-9-22)18(19(23)24)21-15-6-3-13(12-20)4-7-15/h3-8,11,18,21-22H,2,9-10H2,1H3,(H,23,24). The number of carboxylic acids is 1. The van der Waals surface area contributed by atoms with E-state index in [0.717, 1.165) is 0 Å². The van der Waals surface area contributed by atoms with E-state index >= 15 is 0 Å². The fraction of sp³-hybridized carbons (Fsp3) is 0.263. The second-order valence-electron chi connectivity index (χ2n) is 5.32. The molecule has 0 aliphatic rings. The summed E-state index contributed by atoms with van der Waals surface area (Å²) in [6.07, 6.45) is 0. The lowest BCUT2D eigenvalue weighted by Gasteiger charge is -2.19. The minimum atomic E-state index is -1.05. The van der Waals surface area contributed by atoms with Crippen molar-refractivity contribution in [2.45, 2.75) is 13.0 Å². The van der Waals surface area contributed by atoms with E-state index < -0.39 is 12.0 Å². The second-order valence-corrected chi connectivity index (χ2v) is 5.32. The maximum absolute atomic E-state index is 11.7. The monoisotopic (exact) mass is 356 g/mol. The van der Waals surface area contributed by atoms with Crippen LogP contribution in [0.25, 0.3) is 0 Å². The maximum atomic E-state index is 11.7.